The third-order valence-corrected chi connectivity index (χ3v) is 7.97. The second-order valence-electron chi connectivity index (χ2n) is 8.85. The van der Waals surface area contributed by atoms with Crippen molar-refractivity contribution < 1.29 is 22.7 Å². The first kappa shape index (κ1) is 30.7. The van der Waals surface area contributed by atoms with Crippen molar-refractivity contribution in [2.24, 2.45) is 0 Å². The smallest absolute Gasteiger partial charge is 0.242 e. The van der Waals surface area contributed by atoms with E-state index < -0.39 is 16.1 Å². The zero-order valence-corrected chi connectivity index (χ0v) is 24.2. The lowest BCUT2D eigenvalue weighted by atomic mass is 10.1. The summed E-state index contributed by atoms with van der Waals surface area (Å²) in [6.45, 7) is 5.63. The summed E-state index contributed by atoms with van der Waals surface area (Å²) in [5.74, 6) is -0.00116. The average molecular weight is 573 g/mol. The lowest BCUT2D eigenvalue weighted by Gasteiger charge is -2.30. The molecule has 1 N–H and O–H groups in total. The first-order valence-corrected chi connectivity index (χ1v) is 14.6. The van der Waals surface area contributed by atoms with E-state index >= 15 is 0 Å². The molecule has 0 aromatic heterocycles. The molecular weight excluding hydrogens is 537 g/mol. The molecule has 0 fully saturated rings. The number of carbonyl (C=O) groups excluding carboxylic acids is 2. The summed E-state index contributed by atoms with van der Waals surface area (Å²) in [7, 11) is -2.06. The van der Waals surface area contributed by atoms with Crippen molar-refractivity contribution in [2.45, 2.75) is 58.7 Å². The third kappa shape index (κ3) is 8.79. The molecule has 0 bridgehead atoms. The number of methoxy groups -OCH3 is 1. The third-order valence-electron chi connectivity index (χ3n) is 6.07. The number of nitrogens with one attached hydrogen (secondary N) is 1. The molecule has 0 unspecified atom stereocenters. The maximum absolute atomic E-state index is 13.4. The summed E-state index contributed by atoms with van der Waals surface area (Å²) in [4.78, 5) is 27.7. The Morgan fingerprint density at radius 3 is 2.16 bits per heavy atom. The fraction of sp³-hybridized carbons (Fsp3) is 0.462. The zero-order chi connectivity index (χ0) is 27.8. The lowest BCUT2D eigenvalue weighted by Crippen LogP contribution is -2.49. The van der Waals surface area contributed by atoms with Crippen LogP contribution in [0.5, 0.6) is 5.75 Å². The van der Waals surface area contributed by atoms with Crippen LogP contribution in [0.25, 0.3) is 0 Å². The molecule has 2 amide bonds. The van der Waals surface area contributed by atoms with Crippen molar-refractivity contribution in [1.82, 2.24) is 10.2 Å². The van der Waals surface area contributed by atoms with Crippen LogP contribution in [0.4, 0.5) is 5.69 Å². The molecule has 2 aromatic rings. The van der Waals surface area contributed by atoms with Crippen LogP contribution in [0.15, 0.2) is 42.5 Å². The highest BCUT2D eigenvalue weighted by Crippen LogP contribution is 2.27. The van der Waals surface area contributed by atoms with Crippen LogP contribution < -0.4 is 14.4 Å². The number of carbonyl (C=O) groups is 2. The van der Waals surface area contributed by atoms with E-state index in [-0.39, 0.29) is 43.8 Å². The van der Waals surface area contributed by atoms with Gasteiger partial charge in [0.15, 0.2) is 0 Å². The second kappa shape index (κ2) is 13.9. The quantitative estimate of drug-likeness (QED) is 0.369. The molecule has 37 heavy (non-hydrogen) atoms. The Balaban J connectivity index is 2.22. The molecule has 0 aliphatic heterocycles. The van der Waals surface area contributed by atoms with Gasteiger partial charge in [-0.25, -0.2) is 8.42 Å². The molecule has 0 aliphatic rings. The molecule has 0 spiro atoms. The van der Waals surface area contributed by atoms with Crippen LogP contribution in [0.2, 0.25) is 10.0 Å². The summed E-state index contributed by atoms with van der Waals surface area (Å²) in [5, 5.41) is 3.69. The van der Waals surface area contributed by atoms with Gasteiger partial charge in [-0.05, 0) is 63.1 Å². The van der Waals surface area contributed by atoms with E-state index in [2.05, 4.69) is 5.32 Å². The number of hydrogen-bond acceptors (Lipinski definition) is 5. The minimum Gasteiger partial charge on any atom is -0.497 e. The Morgan fingerprint density at radius 2 is 1.65 bits per heavy atom. The predicted octanol–water partition coefficient (Wildman–Crippen LogP) is 4.88. The maximum atomic E-state index is 13.4. The van der Waals surface area contributed by atoms with Crippen LogP contribution in [-0.4, -0.2) is 57.1 Å². The molecule has 0 saturated carbocycles. The number of ether oxygens (including phenoxy) is 1. The summed E-state index contributed by atoms with van der Waals surface area (Å²) in [6, 6.07) is 10.9. The molecule has 0 aliphatic carbocycles. The monoisotopic (exact) mass is 571 g/mol. The van der Waals surface area contributed by atoms with Gasteiger partial charge in [0.25, 0.3) is 0 Å². The summed E-state index contributed by atoms with van der Waals surface area (Å²) < 4.78 is 31.3. The Morgan fingerprint density at radius 1 is 1.05 bits per heavy atom. The first-order valence-electron chi connectivity index (χ1n) is 12.0. The van der Waals surface area contributed by atoms with Crippen LogP contribution in [0.3, 0.4) is 0 Å². The van der Waals surface area contributed by atoms with Gasteiger partial charge in [-0.3, -0.25) is 13.9 Å². The van der Waals surface area contributed by atoms with E-state index in [0.29, 0.717) is 27.0 Å². The van der Waals surface area contributed by atoms with E-state index in [1.54, 1.807) is 49.4 Å². The van der Waals surface area contributed by atoms with Gasteiger partial charge in [0, 0.05) is 41.2 Å². The average Bonchev–Trinajstić information content (AvgIpc) is 2.85. The van der Waals surface area contributed by atoms with Crippen LogP contribution in [-0.2, 0) is 26.2 Å². The van der Waals surface area contributed by atoms with Gasteiger partial charge < -0.3 is 15.0 Å². The van der Waals surface area contributed by atoms with E-state index in [0.717, 1.165) is 12.7 Å². The van der Waals surface area contributed by atoms with E-state index in [1.807, 2.05) is 13.8 Å². The Bertz CT molecular complexity index is 1150. The van der Waals surface area contributed by atoms with Gasteiger partial charge in [0.05, 0.1) is 19.1 Å². The van der Waals surface area contributed by atoms with Gasteiger partial charge in [-0.2, -0.15) is 0 Å². The predicted molar refractivity (Wildman–Crippen MR) is 149 cm³/mol. The van der Waals surface area contributed by atoms with Gasteiger partial charge in [0.1, 0.15) is 11.8 Å². The minimum atomic E-state index is -3.59. The Kier molecular flexibility index (Phi) is 11.5. The molecule has 11 heteroatoms. The topological polar surface area (TPSA) is 96.0 Å². The molecule has 0 heterocycles. The summed E-state index contributed by atoms with van der Waals surface area (Å²) in [6.07, 6.45) is 2.12. The van der Waals surface area contributed by atoms with Crippen molar-refractivity contribution in [2.75, 3.05) is 24.2 Å². The highest BCUT2D eigenvalue weighted by molar-refractivity contribution is 7.92. The van der Waals surface area contributed by atoms with E-state index in [4.69, 9.17) is 27.9 Å². The fourth-order valence-electron chi connectivity index (χ4n) is 3.65. The molecule has 8 nitrogen and oxygen atoms in total. The molecule has 2 atom stereocenters. The van der Waals surface area contributed by atoms with Crippen molar-refractivity contribution in [3.63, 3.8) is 0 Å². The highest BCUT2D eigenvalue weighted by Gasteiger charge is 2.28. The van der Waals surface area contributed by atoms with Crippen molar-refractivity contribution >= 4 is 50.7 Å². The number of anilines is 1. The molecule has 204 valence electrons. The SMILES string of the molecule is CC[C@@H](C)NC(=O)[C@H](C)N(Cc1c(Cl)cccc1Cl)C(=O)CCCN(c1ccc(OC)cc1)S(C)(=O)=O. The molecule has 2 aromatic carbocycles. The van der Waals surface area contributed by atoms with Gasteiger partial charge >= 0.3 is 0 Å². The number of hydrogen-bond donors (Lipinski definition) is 1. The first-order chi connectivity index (χ1) is 17.4. The summed E-state index contributed by atoms with van der Waals surface area (Å²) >= 11 is 12.7. The van der Waals surface area contributed by atoms with Crippen LogP contribution >= 0.6 is 23.2 Å². The lowest BCUT2D eigenvalue weighted by molar-refractivity contribution is -0.140. The highest BCUT2D eigenvalue weighted by atomic mass is 35.5. The van der Waals surface area contributed by atoms with Crippen molar-refractivity contribution in [3.05, 3.63) is 58.1 Å². The normalized spacial score (nSPS) is 12.9. The van der Waals surface area contributed by atoms with Crippen LogP contribution in [0.1, 0.15) is 45.6 Å². The van der Waals surface area contributed by atoms with Crippen molar-refractivity contribution in [3.8, 4) is 5.75 Å². The molecule has 0 radical (unpaired) electrons. The number of sulfonamides is 1. The van der Waals surface area contributed by atoms with Crippen LogP contribution in [0, 0.1) is 0 Å². The number of amides is 2. The number of halogens is 2. The number of rotatable bonds is 13. The Labute approximate surface area is 229 Å². The zero-order valence-electron chi connectivity index (χ0n) is 21.8. The maximum Gasteiger partial charge on any atom is 0.242 e. The van der Waals surface area contributed by atoms with Gasteiger partial charge in [0.2, 0.25) is 21.8 Å². The number of benzene rings is 2. The fourth-order valence-corrected chi connectivity index (χ4v) is 5.14. The molecule has 0 saturated heterocycles. The van der Waals surface area contributed by atoms with Crippen molar-refractivity contribution in [1.29, 1.82) is 0 Å². The largest absolute Gasteiger partial charge is 0.497 e. The molecule has 2 rings (SSSR count). The second-order valence-corrected chi connectivity index (χ2v) is 11.6. The van der Waals surface area contributed by atoms with E-state index in [9.17, 15) is 18.0 Å². The van der Waals surface area contributed by atoms with Gasteiger partial charge in [-0.1, -0.05) is 36.2 Å². The standard InChI is InChI=1S/C26H35Cl2N3O5S/c1-6-18(2)29-26(33)19(3)30(17-22-23(27)9-7-10-24(22)28)25(32)11-8-16-31(37(5,34)35)20-12-14-21(36-4)15-13-20/h7,9-10,12-15,18-19H,6,8,11,16-17H2,1-5H3,(H,29,33)/t18-,19+/m1/s1. The number of nitrogens with zero attached hydrogens (tertiary/aromatic N) is 2. The Hall–Kier alpha value is -2.49. The summed E-state index contributed by atoms with van der Waals surface area (Å²) in [5.41, 5.74) is 1.01. The van der Waals surface area contributed by atoms with E-state index in [1.165, 1.54) is 16.3 Å². The van der Waals surface area contributed by atoms with Gasteiger partial charge in [-0.15, -0.1) is 0 Å². The molecular formula is C26H35Cl2N3O5S. The minimum absolute atomic E-state index is 0.0190.